The summed E-state index contributed by atoms with van der Waals surface area (Å²) >= 11 is 0. The maximum Gasteiger partial charge on any atom is 0.321 e. The minimum Gasteiger partial charge on any atom is -0.481 e. The van der Waals surface area contributed by atoms with Gasteiger partial charge in [-0.05, 0) is 12.8 Å². The normalized spacial score (nSPS) is 16.4. The molecule has 0 spiro atoms. The highest BCUT2D eigenvalue weighted by Gasteiger charge is 2.20. The van der Waals surface area contributed by atoms with E-state index in [1.165, 1.54) is 7.05 Å². The summed E-state index contributed by atoms with van der Waals surface area (Å²) in [5, 5.41) is 13.1. The van der Waals surface area contributed by atoms with E-state index in [2.05, 4.69) is 15.5 Å². The summed E-state index contributed by atoms with van der Waals surface area (Å²) in [5.41, 5.74) is 0. The SMILES string of the molecule is CNC(=O)NC(=O)CCN1CCC(OCCC(=O)O)CC1. The highest BCUT2D eigenvalue weighted by atomic mass is 16.5. The molecule has 8 heteroatoms. The first-order valence-electron chi connectivity index (χ1n) is 7.08. The van der Waals surface area contributed by atoms with Gasteiger partial charge in [0.1, 0.15) is 0 Å². The van der Waals surface area contributed by atoms with Crippen LogP contribution in [0, 0.1) is 0 Å². The van der Waals surface area contributed by atoms with Crippen molar-refractivity contribution < 1.29 is 24.2 Å². The second-order valence-corrected chi connectivity index (χ2v) is 4.93. The average Bonchev–Trinajstić information content (AvgIpc) is 2.46. The van der Waals surface area contributed by atoms with Gasteiger partial charge in [0.05, 0.1) is 19.1 Å². The molecule has 0 saturated carbocycles. The summed E-state index contributed by atoms with van der Waals surface area (Å²) < 4.78 is 5.50. The number of aliphatic carboxylic acids is 1. The molecule has 8 nitrogen and oxygen atoms in total. The number of likely N-dealkylation sites (tertiary alicyclic amines) is 1. The van der Waals surface area contributed by atoms with E-state index in [1.54, 1.807) is 0 Å². The molecule has 21 heavy (non-hydrogen) atoms. The third-order valence-corrected chi connectivity index (χ3v) is 3.34. The molecule has 0 unspecified atom stereocenters. The summed E-state index contributed by atoms with van der Waals surface area (Å²) in [5.74, 6) is -1.15. The van der Waals surface area contributed by atoms with E-state index in [-0.39, 0.29) is 31.5 Å². The van der Waals surface area contributed by atoms with Crippen LogP contribution >= 0.6 is 0 Å². The minimum atomic E-state index is -0.852. The van der Waals surface area contributed by atoms with Crippen LogP contribution in [0.2, 0.25) is 0 Å². The van der Waals surface area contributed by atoms with E-state index in [0.29, 0.717) is 6.54 Å². The van der Waals surface area contributed by atoms with Gasteiger partial charge in [-0.1, -0.05) is 0 Å². The van der Waals surface area contributed by atoms with Crippen LogP contribution in [0.1, 0.15) is 25.7 Å². The molecule has 0 aliphatic carbocycles. The number of carboxylic acid groups (broad SMARTS) is 1. The molecule has 0 aromatic heterocycles. The van der Waals surface area contributed by atoms with Crippen molar-refractivity contribution in [2.45, 2.75) is 31.8 Å². The molecular formula is C13H23N3O5. The number of nitrogens with zero attached hydrogens (tertiary/aromatic N) is 1. The molecule has 0 radical (unpaired) electrons. The Morgan fingerprint density at radius 1 is 1.24 bits per heavy atom. The van der Waals surface area contributed by atoms with Crippen LogP contribution in [-0.4, -0.2) is 67.3 Å². The van der Waals surface area contributed by atoms with Gasteiger partial charge in [0.2, 0.25) is 5.91 Å². The van der Waals surface area contributed by atoms with Crippen LogP contribution in [0.5, 0.6) is 0 Å². The lowest BCUT2D eigenvalue weighted by Gasteiger charge is -2.31. The molecule has 1 aliphatic rings. The van der Waals surface area contributed by atoms with Crippen LogP contribution < -0.4 is 10.6 Å². The van der Waals surface area contributed by atoms with Crippen molar-refractivity contribution in [3.63, 3.8) is 0 Å². The highest BCUT2D eigenvalue weighted by molar-refractivity contribution is 5.94. The number of amides is 3. The second kappa shape index (κ2) is 9.30. The number of piperidine rings is 1. The largest absolute Gasteiger partial charge is 0.481 e. The van der Waals surface area contributed by atoms with E-state index in [1.807, 2.05) is 0 Å². The van der Waals surface area contributed by atoms with Gasteiger partial charge in [-0.15, -0.1) is 0 Å². The van der Waals surface area contributed by atoms with Gasteiger partial charge in [0.25, 0.3) is 0 Å². The summed E-state index contributed by atoms with van der Waals surface area (Å²) in [7, 11) is 1.46. The smallest absolute Gasteiger partial charge is 0.321 e. The van der Waals surface area contributed by atoms with Crippen molar-refractivity contribution in [2.24, 2.45) is 0 Å². The zero-order valence-electron chi connectivity index (χ0n) is 12.3. The summed E-state index contributed by atoms with van der Waals surface area (Å²) in [6, 6.07) is -0.495. The Morgan fingerprint density at radius 2 is 1.90 bits per heavy atom. The van der Waals surface area contributed by atoms with Gasteiger partial charge in [0.15, 0.2) is 0 Å². The molecule has 1 fully saturated rings. The molecule has 120 valence electrons. The first-order chi connectivity index (χ1) is 10.0. The molecule has 0 bridgehead atoms. The average molecular weight is 301 g/mol. The quantitative estimate of drug-likeness (QED) is 0.600. The molecule has 1 heterocycles. The van der Waals surface area contributed by atoms with E-state index >= 15 is 0 Å². The van der Waals surface area contributed by atoms with Crippen molar-refractivity contribution >= 4 is 17.9 Å². The number of urea groups is 1. The lowest BCUT2D eigenvalue weighted by atomic mass is 10.1. The fraction of sp³-hybridized carbons (Fsp3) is 0.769. The Bertz CT molecular complexity index is 367. The Morgan fingerprint density at radius 3 is 2.48 bits per heavy atom. The minimum absolute atomic E-state index is 0.0277. The molecule has 1 rings (SSSR count). The Hall–Kier alpha value is -1.67. The zero-order valence-corrected chi connectivity index (χ0v) is 12.3. The number of carbonyl (C=O) groups is 3. The van der Waals surface area contributed by atoms with E-state index < -0.39 is 12.0 Å². The van der Waals surface area contributed by atoms with Crippen molar-refractivity contribution in [3.8, 4) is 0 Å². The van der Waals surface area contributed by atoms with Gasteiger partial charge < -0.3 is 20.1 Å². The predicted molar refractivity (Wildman–Crippen MR) is 74.9 cm³/mol. The first kappa shape index (κ1) is 17.4. The van der Waals surface area contributed by atoms with Crippen molar-refractivity contribution in [3.05, 3.63) is 0 Å². The third-order valence-electron chi connectivity index (χ3n) is 3.34. The molecule has 1 saturated heterocycles. The number of carbonyl (C=O) groups excluding carboxylic acids is 2. The van der Waals surface area contributed by atoms with Gasteiger partial charge in [0, 0.05) is 33.1 Å². The van der Waals surface area contributed by atoms with E-state index in [4.69, 9.17) is 9.84 Å². The number of ether oxygens (including phenoxy) is 1. The number of imide groups is 1. The zero-order chi connectivity index (χ0) is 15.7. The molecular weight excluding hydrogens is 278 g/mol. The lowest BCUT2D eigenvalue weighted by Crippen LogP contribution is -2.41. The molecule has 0 atom stereocenters. The monoisotopic (exact) mass is 301 g/mol. The number of hydrogen-bond acceptors (Lipinski definition) is 5. The number of hydrogen-bond donors (Lipinski definition) is 3. The van der Waals surface area contributed by atoms with Gasteiger partial charge in [-0.25, -0.2) is 4.79 Å². The topological polar surface area (TPSA) is 108 Å². The molecule has 3 N–H and O–H groups in total. The Kier molecular flexibility index (Phi) is 7.70. The van der Waals surface area contributed by atoms with Gasteiger partial charge in [-0.2, -0.15) is 0 Å². The maximum atomic E-state index is 11.4. The maximum absolute atomic E-state index is 11.4. The van der Waals surface area contributed by atoms with Crippen LogP contribution in [0.4, 0.5) is 4.79 Å². The molecule has 0 aromatic carbocycles. The Labute approximate surface area is 123 Å². The predicted octanol–water partition coefficient (Wildman–Crippen LogP) is -0.212. The van der Waals surface area contributed by atoms with E-state index in [0.717, 1.165) is 25.9 Å². The second-order valence-electron chi connectivity index (χ2n) is 4.93. The van der Waals surface area contributed by atoms with Crippen molar-refractivity contribution in [1.82, 2.24) is 15.5 Å². The molecule has 1 aliphatic heterocycles. The van der Waals surface area contributed by atoms with Crippen molar-refractivity contribution in [1.29, 1.82) is 0 Å². The number of nitrogens with one attached hydrogen (secondary N) is 2. The summed E-state index contributed by atoms with van der Waals surface area (Å²) in [4.78, 5) is 34.9. The Balaban J connectivity index is 2.11. The van der Waals surface area contributed by atoms with Crippen molar-refractivity contribution in [2.75, 3.05) is 33.3 Å². The fourth-order valence-corrected chi connectivity index (χ4v) is 2.12. The fourth-order valence-electron chi connectivity index (χ4n) is 2.12. The summed E-state index contributed by atoms with van der Waals surface area (Å²) in [6.45, 7) is 2.47. The first-order valence-corrected chi connectivity index (χ1v) is 7.08. The van der Waals surface area contributed by atoms with Gasteiger partial charge >= 0.3 is 12.0 Å². The standard InChI is InChI=1S/C13H23N3O5/c1-14-13(20)15-11(17)4-8-16-6-2-10(3-7-16)21-9-5-12(18)19/h10H,2-9H2,1H3,(H,18,19)(H2,14,15,17,20). The number of carboxylic acids is 1. The molecule has 3 amide bonds. The van der Waals surface area contributed by atoms with Crippen LogP contribution in [-0.2, 0) is 14.3 Å². The summed E-state index contributed by atoms with van der Waals surface area (Å²) in [6.07, 6.45) is 2.06. The lowest BCUT2D eigenvalue weighted by molar-refractivity contribution is -0.138. The van der Waals surface area contributed by atoms with Crippen LogP contribution in [0.15, 0.2) is 0 Å². The van der Waals surface area contributed by atoms with Crippen LogP contribution in [0.3, 0.4) is 0 Å². The van der Waals surface area contributed by atoms with Crippen LogP contribution in [0.25, 0.3) is 0 Å². The highest BCUT2D eigenvalue weighted by Crippen LogP contribution is 2.14. The third kappa shape index (κ3) is 7.62. The number of rotatable bonds is 7. The molecule has 0 aromatic rings. The van der Waals surface area contributed by atoms with E-state index in [9.17, 15) is 14.4 Å². The van der Waals surface area contributed by atoms with Gasteiger partial charge in [-0.3, -0.25) is 14.9 Å².